The summed E-state index contributed by atoms with van der Waals surface area (Å²) < 4.78 is 0. The van der Waals surface area contributed by atoms with Crippen LogP contribution in [0.1, 0.15) is 29.2 Å². The molecular weight excluding hydrogens is 322 g/mol. The van der Waals surface area contributed by atoms with E-state index in [9.17, 15) is 4.79 Å². The fourth-order valence-corrected chi connectivity index (χ4v) is 3.66. The van der Waals surface area contributed by atoms with E-state index in [0.717, 1.165) is 11.3 Å². The average molecular weight is 345 g/mol. The molecule has 3 aromatic rings. The number of carbonyl (C=O) groups excluding carboxylic acids is 1. The van der Waals surface area contributed by atoms with Crippen LogP contribution in [0, 0.1) is 13.8 Å². The SMILES string of the molecule is Cc1ccc(NC(=O)C2CC(c3cccc4ccccc34)NN2)c(C)c1. The zero-order valence-electron chi connectivity index (χ0n) is 15.0. The summed E-state index contributed by atoms with van der Waals surface area (Å²) in [6.07, 6.45) is 0.713. The minimum atomic E-state index is -0.264. The lowest BCUT2D eigenvalue weighted by Gasteiger charge is -2.14. The van der Waals surface area contributed by atoms with Crippen molar-refractivity contribution in [1.82, 2.24) is 10.9 Å². The van der Waals surface area contributed by atoms with Gasteiger partial charge in [-0.3, -0.25) is 4.79 Å². The Hall–Kier alpha value is -2.69. The highest BCUT2D eigenvalue weighted by molar-refractivity contribution is 5.96. The van der Waals surface area contributed by atoms with Gasteiger partial charge in [-0.25, -0.2) is 10.9 Å². The molecule has 0 spiro atoms. The average Bonchev–Trinajstić information content (AvgIpc) is 3.13. The van der Waals surface area contributed by atoms with Crippen LogP contribution in [0.2, 0.25) is 0 Å². The van der Waals surface area contributed by atoms with Gasteiger partial charge < -0.3 is 5.32 Å². The van der Waals surface area contributed by atoms with Crippen molar-refractivity contribution >= 4 is 22.4 Å². The highest BCUT2D eigenvalue weighted by Gasteiger charge is 2.31. The van der Waals surface area contributed by atoms with E-state index in [1.165, 1.54) is 21.9 Å². The Balaban J connectivity index is 1.50. The van der Waals surface area contributed by atoms with Gasteiger partial charge in [0.15, 0.2) is 0 Å². The summed E-state index contributed by atoms with van der Waals surface area (Å²) in [7, 11) is 0. The van der Waals surface area contributed by atoms with Crippen LogP contribution in [-0.2, 0) is 4.79 Å². The lowest BCUT2D eigenvalue weighted by Crippen LogP contribution is -2.39. The number of benzene rings is 3. The first-order valence-corrected chi connectivity index (χ1v) is 8.98. The van der Waals surface area contributed by atoms with Gasteiger partial charge in [0.1, 0.15) is 6.04 Å². The Morgan fingerprint density at radius 1 is 1.00 bits per heavy atom. The molecular formula is C22H23N3O. The standard InChI is InChI=1S/C22H23N3O/c1-14-10-11-19(15(2)12-14)23-22(26)21-13-20(24-25-21)18-9-5-7-16-6-3-4-8-17(16)18/h3-12,20-21,24-25H,13H2,1-2H3,(H,23,26). The number of nitrogens with one attached hydrogen (secondary N) is 3. The maximum Gasteiger partial charge on any atom is 0.242 e. The van der Waals surface area contributed by atoms with Crippen LogP contribution in [0.5, 0.6) is 0 Å². The smallest absolute Gasteiger partial charge is 0.242 e. The number of carbonyl (C=O) groups is 1. The first-order valence-electron chi connectivity index (χ1n) is 8.98. The minimum absolute atomic E-state index is 0.00723. The van der Waals surface area contributed by atoms with Gasteiger partial charge in [0.2, 0.25) is 5.91 Å². The third-order valence-corrected chi connectivity index (χ3v) is 5.06. The molecule has 2 atom stereocenters. The topological polar surface area (TPSA) is 53.2 Å². The van der Waals surface area contributed by atoms with Crippen molar-refractivity contribution in [2.24, 2.45) is 0 Å². The van der Waals surface area contributed by atoms with Crippen LogP contribution in [0.15, 0.2) is 60.7 Å². The van der Waals surface area contributed by atoms with Gasteiger partial charge in [0.25, 0.3) is 0 Å². The van der Waals surface area contributed by atoms with Crippen LogP contribution < -0.4 is 16.2 Å². The number of fused-ring (bicyclic) bond motifs is 1. The Morgan fingerprint density at radius 2 is 1.81 bits per heavy atom. The van der Waals surface area contributed by atoms with E-state index in [4.69, 9.17) is 0 Å². The largest absolute Gasteiger partial charge is 0.324 e. The maximum absolute atomic E-state index is 12.7. The minimum Gasteiger partial charge on any atom is -0.324 e. The molecule has 3 aromatic carbocycles. The third kappa shape index (κ3) is 3.21. The number of aryl methyl sites for hydroxylation is 2. The Labute approximate surface area is 153 Å². The fourth-order valence-electron chi connectivity index (χ4n) is 3.66. The lowest BCUT2D eigenvalue weighted by molar-refractivity contribution is -0.117. The second-order valence-electron chi connectivity index (χ2n) is 7.01. The zero-order valence-corrected chi connectivity index (χ0v) is 15.0. The van der Waals surface area contributed by atoms with Gasteiger partial charge in [-0.05, 0) is 48.2 Å². The summed E-state index contributed by atoms with van der Waals surface area (Å²) in [5, 5.41) is 5.49. The number of hydrogen-bond acceptors (Lipinski definition) is 3. The molecule has 1 saturated heterocycles. The van der Waals surface area contributed by atoms with E-state index < -0.39 is 0 Å². The summed E-state index contributed by atoms with van der Waals surface area (Å²) in [6, 6.07) is 20.6. The first kappa shape index (κ1) is 16.8. The second-order valence-corrected chi connectivity index (χ2v) is 7.01. The second kappa shape index (κ2) is 6.90. The zero-order chi connectivity index (χ0) is 18.1. The van der Waals surface area contributed by atoms with Crippen LogP contribution >= 0.6 is 0 Å². The molecule has 0 radical (unpaired) electrons. The van der Waals surface area contributed by atoms with Crippen molar-refractivity contribution in [2.75, 3.05) is 5.32 Å². The number of hydrazine groups is 1. The molecule has 4 rings (SSSR count). The molecule has 2 unspecified atom stereocenters. The summed E-state index contributed by atoms with van der Waals surface area (Å²) in [4.78, 5) is 12.7. The number of anilines is 1. The molecule has 132 valence electrons. The molecule has 0 aliphatic carbocycles. The molecule has 1 fully saturated rings. The molecule has 3 N–H and O–H groups in total. The predicted octanol–water partition coefficient (Wildman–Crippen LogP) is 4.00. The summed E-state index contributed by atoms with van der Waals surface area (Å²) in [5.41, 5.74) is 10.8. The van der Waals surface area contributed by atoms with Crippen molar-refractivity contribution in [3.05, 3.63) is 77.4 Å². The molecule has 1 heterocycles. The van der Waals surface area contributed by atoms with Gasteiger partial charge in [-0.15, -0.1) is 0 Å². The molecule has 4 nitrogen and oxygen atoms in total. The van der Waals surface area contributed by atoms with E-state index in [2.05, 4.69) is 65.6 Å². The summed E-state index contributed by atoms with van der Waals surface area (Å²) >= 11 is 0. The van der Waals surface area contributed by atoms with E-state index in [0.29, 0.717) is 6.42 Å². The van der Waals surface area contributed by atoms with Crippen molar-refractivity contribution in [2.45, 2.75) is 32.4 Å². The quantitative estimate of drug-likeness (QED) is 0.672. The number of hydrogen-bond donors (Lipinski definition) is 3. The van der Waals surface area contributed by atoms with E-state index in [1.807, 2.05) is 25.1 Å². The molecule has 0 saturated carbocycles. The molecule has 26 heavy (non-hydrogen) atoms. The molecule has 0 aromatic heterocycles. The summed E-state index contributed by atoms with van der Waals surface area (Å²) in [6.45, 7) is 4.07. The molecule has 0 bridgehead atoms. The fraction of sp³-hybridized carbons (Fsp3) is 0.227. The Morgan fingerprint density at radius 3 is 2.65 bits per heavy atom. The van der Waals surface area contributed by atoms with Crippen molar-refractivity contribution in [3.63, 3.8) is 0 Å². The molecule has 4 heteroatoms. The van der Waals surface area contributed by atoms with Crippen molar-refractivity contribution < 1.29 is 4.79 Å². The first-order chi connectivity index (χ1) is 12.6. The highest BCUT2D eigenvalue weighted by atomic mass is 16.2. The molecule has 1 aliphatic rings. The Bertz CT molecular complexity index is 961. The van der Waals surface area contributed by atoms with Crippen LogP contribution in [0.3, 0.4) is 0 Å². The van der Waals surface area contributed by atoms with Gasteiger partial charge in [0, 0.05) is 11.7 Å². The molecule has 1 aliphatic heterocycles. The van der Waals surface area contributed by atoms with Crippen molar-refractivity contribution in [1.29, 1.82) is 0 Å². The van der Waals surface area contributed by atoms with Gasteiger partial charge in [-0.2, -0.15) is 0 Å². The van der Waals surface area contributed by atoms with Gasteiger partial charge in [-0.1, -0.05) is 60.2 Å². The predicted molar refractivity (Wildman–Crippen MR) is 106 cm³/mol. The molecule has 1 amide bonds. The van der Waals surface area contributed by atoms with Crippen LogP contribution in [-0.4, -0.2) is 11.9 Å². The highest BCUT2D eigenvalue weighted by Crippen LogP contribution is 2.29. The van der Waals surface area contributed by atoms with Crippen molar-refractivity contribution in [3.8, 4) is 0 Å². The van der Waals surface area contributed by atoms with Crippen LogP contribution in [0.4, 0.5) is 5.69 Å². The number of rotatable bonds is 3. The van der Waals surface area contributed by atoms with Crippen LogP contribution in [0.25, 0.3) is 10.8 Å². The summed E-state index contributed by atoms with van der Waals surface area (Å²) in [5.74, 6) is -0.00723. The van der Waals surface area contributed by atoms with E-state index in [-0.39, 0.29) is 18.0 Å². The van der Waals surface area contributed by atoms with E-state index >= 15 is 0 Å². The maximum atomic E-state index is 12.7. The normalized spacial score (nSPS) is 19.6. The number of amides is 1. The van der Waals surface area contributed by atoms with Gasteiger partial charge >= 0.3 is 0 Å². The van der Waals surface area contributed by atoms with Gasteiger partial charge in [0.05, 0.1) is 0 Å². The Kier molecular flexibility index (Phi) is 4.45. The monoisotopic (exact) mass is 345 g/mol. The lowest BCUT2D eigenvalue weighted by atomic mass is 9.96. The third-order valence-electron chi connectivity index (χ3n) is 5.06. The van der Waals surface area contributed by atoms with E-state index in [1.54, 1.807) is 0 Å².